The number of guanidine groups is 1. The van der Waals surface area contributed by atoms with Crippen molar-refractivity contribution in [1.82, 2.24) is 25.3 Å². The van der Waals surface area contributed by atoms with Crippen LogP contribution in [0.15, 0.2) is 35.3 Å². The first-order valence-electron chi connectivity index (χ1n) is 11.2. The minimum Gasteiger partial charge on any atom is -0.444 e. The molecule has 1 aromatic carbocycles. The summed E-state index contributed by atoms with van der Waals surface area (Å²) in [6.07, 6.45) is 0.483. The number of nitrogens with one attached hydrogen (secondary N) is 2. The van der Waals surface area contributed by atoms with Crippen LogP contribution in [-0.4, -0.2) is 58.5 Å². The first-order valence-corrected chi connectivity index (χ1v) is 11.2. The monoisotopic (exact) mass is 568 g/mol. The van der Waals surface area contributed by atoms with Crippen molar-refractivity contribution in [2.24, 2.45) is 4.99 Å². The second-order valence-corrected chi connectivity index (χ2v) is 9.27. The smallest absolute Gasteiger partial charge is 0.407 e. The van der Waals surface area contributed by atoms with Crippen LogP contribution in [0, 0.1) is 13.8 Å². The lowest BCUT2D eigenvalue weighted by atomic mass is 10.2. The van der Waals surface area contributed by atoms with Gasteiger partial charge in [0.1, 0.15) is 5.60 Å². The SMILES string of the molecule is CN=C(NCc1c(C)nn(Cc2ccccc2)c1C)N1CCC(NC(=O)OC(C)(C)C)C1.I. The number of amides is 1. The van der Waals surface area contributed by atoms with Gasteiger partial charge in [-0.15, -0.1) is 24.0 Å². The predicted molar refractivity (Wildman–Crippen MR) is 142 cm³/mol. The number of nitrogens with zero attached hydrogens (tertiary/aromatic N) is 4. The highest BCUT2D eigenvalue weighted by Crippen LogP contribution is 2.16. The number of halogens is 1. The molecule has 8 nitrogen and oxygen atoms in total. The van der Waals surface area contributed by atoms with E-state index in [9.17, 15) is 4.79 Å². The van der Waals surface area contributed by atoms with Crippen molar-refractivity contribution in [2.75, 3.05) is 20.1 Å². The van der Waals surface area contributed by atoms with E-state index in [-0.39, 0.29) is 36.1 Å². The zero-order valence-corrected chi connectivity index (χ0v) is 22.8. The van der Waals surface area contributed by atoms with Crippen molar-refractivity contribution >= 4 is 36.0 Å². The lowest BCUT2D eigenvalue weighted by Gasteiger charge is -2.23. The first kappa shape index (κ1) is 26.9. The summed E-state index contributed by atoms with van der Waals surface area (Å²) < 4.78 is 7.43. The Bertz CT molecular complexity index is 952. The normalized spacial score (nSPS) is 16.4. The number of hydrogen-bond donors (Lipinski definition) is 2. The highest BCUT2D eigenvalue weighted by atomic mass is 127. The number of ether oxygens (including phenoxy) is 1. The maximum absolute atomic E-state index is 12.1. The minimum absolute atomic E-state index is 0. The molecule has 2 N–H and O–H groups in total. The van der Waals surface area contributed by atoms with E-state index in [0.29, 0.717) is 13.1 Å². The van der Waals surface area contributed by atoms with Crippen LogP contribution >= 0.6 is 24.0 Å². The first-order chi connectivity index (χ1) is 15.2. The molecule has 1 amide bonds. The third-order valence-electron chi connectivity index (χ3n) is 5.55. The molecular formula is C24H37IN6O2. The Morgan fingerprint density at radius 3 is 2.58 bits per heavy atom. The van der Waals surface area contributed by atoms with Crippen LogP contribution in [0.3, 0.4) is 0 Å². The van der Waals surface area contributed by atoms with E-state index < -0.39 is 5.60 Å². The molecule has 1 atom stereocenters. The standard InChI is InChI=1S/C24H36N6O2.HI/c1-17-21(18(2)30(28-17)15-19-10-8-7-9-11-19)14-26-22(25-6)29-13-12-20(16-29)27-23(31)32-24(3,4)5;/h7-11,20H,12-16H2,1-6H3,(H,25,26)(H,27,31);1H. The fourth-order valence-electron chi connectivity index (χ4n) is 3.94. The summed E-state index contributed by atoms with van der Waals surface area (Å²) in [6, 6.07) is 10.4. The Labute approximate surface area is 214 Å². The van der Waals surface area contributed by atoms with Crippen molar-refractivity contribution in [1.29, 1.82) is 0 Å². The molecule has 2 aromatic rings. The molecule has 0 spiro atoms. The van der Waals surface area contributed by atoms with Gasteiger partial charge in [-0.3, -0.25) is 9.67 Å². The maximum atomic E-state index is 12.1. The molecule has 9 heteroatoms. The number of carbonyl (C=O) groups is 1. The van der Waals surface area contributed by atoms with E-state index >= 15 is 0 Å². The summed E-state index contributed by atoms with van der Waals surface area (Å²) in [6.45, 7) is 12.7. The number of hydrogen-bond acceptors (Lipinski definition) is 4. The van der Waals surface area contributed by atoms with Crippen LogP contribution in [0.2, 0.25) is 0 Å². The number of alkyl carbamates (subject to hydrolysis) is 1. The van der Waals surface area contributed by atoms with Crippen LogP contribution in [0.5, 0.6) is 0 Å². The van der Waals surface area contributed by atoms with Gasteiger partial charge in [0, 0.05) is 37.9 Å². The molecule has 2 heterocycles. The fraction of sp³-hybridized carbons (Fsp3) is 0.542. The van der Waals surface area contributed by atoms with Gasteiger partial charge in [0.05, 0.1) is 18.3 Å². The third-order valence-corrected chi connectivity index (χ3v) is 5.55. The average molecular weight is 569 g/mol. The predicted octanol–water partition coefficient (Wildman–Crippen LogP) is 3.84. The molecule has 0 radical (unpaired) electrons. The molecule has 182 valence electrons. The van der Waals surface area contributed by atoms with E-state index in [1.165, 1.54) is 11.1 Å². The fourth-order valence-corrected chi connectivity index (χ4v) is 3.94. The number of aryl methyl sites for hydroxylation is 1. The summed E-state index contributed by atoms with van der Waals surface area (Å²) in [5.41, 5.74) is 4.09. The molecule has 0 bridgehead atoms. The Kier molecular flexibility index (Phi) is 9.57. The van der Waals surface area contributed by atoms with E-state index in [1.54, 1.807) is 7.05 Å². The van der Waals surface area contributed by atoms with Gasteiger partial charge in [-0.05, 0) is 46.6 Å². The van der Waals surface area contributed by atoms with Gasteiger partial charge in [-0.25, -0.2) is 4.79 Å². The van der Waals surface area contributed by atoms with E-state index in [4.69, 9.17) is 9.84 Å². The zero-order valence-electron chi connectivity index (χ0n) is 20.5. The van der Waals surface area contributed by atoms with Crippen LogP contribution in [-0.2, 0) is 17.8 Å². The number of rotatable bonds is 5. The van der Waals surface area contributed by atoms with Crippen molar-refractivity contribution in [3.63, 3.8) is 0 Å². The lowest BCUT2D eigenvalue weighted by Crippen LogP contribution is -2.44. The van der Waals surface area contributed by atoms with Crippen molar-refractivity contribution in [2.45, 2.75) is 65.8 Å². The van der Waals surface area contributed by atoms with Gasteiger partial charge >= 0.3 is 6.09 Å². The number of benzene rings is 1. The van der Waals surface area contributed by atoms with E-state index in [1.807, 2.05) is 33.8 Å². The van der Waals surface area contributed by atoms with Gasteiger partial charge < -0.3 is 20.3 Å². The van der Waals surface area contributed by atoms with Crippen LogP contribution in [0.1, 0.15) is 49.7 Å². The molecule has 1 aromatic heterocycles. The molecule has 3 rings (SSSR count). The van der Waals surface area contributed by atoms with Crippen LogP contribution in [0.4, 0.5) is 4.79 Å². The lowest BCUT2D eigenvalue weighted by molar-refractivity contribution is 0.0507. The number of carbonyl (C=O) groups excluding carboxylic acids is 1. The molecule has 0 saturated carbocycles. The summed E-state index contributed by atoms with van der Waals surface area (Å²) in [5.74, 6) is 0.827. The van der Waals surface area contributed by atoms with Gasteiger partial charge in [0.25, 0.3) is 0 Å². The summed E-state index contributed by atoms with van der Waals surface area (Å²) in [4.78, 5) is 18.7. The molecular weight excluding hydrogens is 531 g/mol. The third kappa shape index (κ3) is 7.62. The largest absolute Gasteiger partial charge is 0.444 e. The minimum atomic E-state index is -0.499. The Morgan fingerprint density at radius 2 is 1.94 bits per heavy atom. The Balaban J connectivity index is 0.00000385. The molecule has 33 heavy (non-hydrogen) atoms. The molecule has 1 aliphatic rings. The van der Waals surface area contributed by atoms with E-state index in [2.05, 4.69) is 56.4 Å². The Morgan fingerprint density at radius 1 is 1.24 bits per heavy atom. The molecule has 1 unspecified atom stereocenters. The van der Waals surface area contributed by atoms with Gasteiger partial charge in [-0.2, -0.15) is 5.10 Å². The van der Waals surface area contributed by atoms with Gasteiger partial charge in [-0.1, -0.05) is 30.3 Å². The van der Waals surface area contributed by atoms with Crippen molar-refractivity contribution < 1.29 is 9.53 Å². The quantitative estimate of drug-likeness (QED) is 0.326. The molecule has 1 saturated heterocycles. The maximum Gasteiger partial charge on any atom is 0.407 e. The number of likely N-dealkylation sites (tertiary alicyclic amines) is 1. The van der Waals surface area contributed by atoms with Crippen molar-refractivity contribution in [3.05, 3.63) is 52.8 Å². The molecule has 1 fully saturated rings. The highest BCUT2D eigenvalue weighted by Gasteiger charge is 2.28. The summed E-state index contributed by atoms with van der Waals surface area (Å²) in [5, 5.41) is 11.2. The number of aromatic nitrogens is 2. The average Bonchev–Trinajstić information content (AvgIpc) is 3.27. The molecule has 0 aliphatic carbocycles. The van der Waals surface area contributed by atoms with Gasteiger partial charge in [0.15, 0.2) is 5.96 Å². The second kappa shape index (κ2) is 11.7. The second-order valence-electron chi connectivity index (χ2n) is 9.27. The number of aliphatic imine (C=N–C) groups is 1. The summed E-state index contributed by atoms with van der Waals surface area (Å²) in [7, 11) is 1.79. The summed E-state index contributed by atoms with van der Waals surface area (Å²) >= 11 is 0. The molecule has 1 aliphatic heterocycles. The zero-order chi connectivity index (χ0) is 23.3. The topological polar surface area (TPSA) is 83.8 Å². The van der Waals surface area contributed by atoms with Crippen LogP contribution in [0.25, 0.3) is 0 Å². The Hall–Kier alpha value is -2.30. The highest BCUT2D eigenvalue weighted by molar-refractivity contribution is 14.0. The van der Waals surface area contributed by atoms with Crippen LogP contribution < -0.4 is 10.6 Å². The van der Waals surface area contributed by atoms with E-state index in [0.717, 1.165) is 36.9 Å². The van der Waals surface area contributed by atoms with Gasteiger partial charge in [0.2, 0.25) is 0 Å². The van der Waals surface area contributed by atoms with Crippen molar-refractivity contribution in [3.8, 4) is 0 Å².